The number of nitrogens with zero attached hydrogens (tertiary/aromatic N) is 1. The summed E-state index contributed by atoms with van der Waals surface area (Å²) in [6.45, 7) is 8.97. The van der Waals surface area contributed by atoms with Gasteiger partial charge in [0.15, 0.2) is 0 Å². The number of carbonyl (C=O) groups is 1. The fraction of sp³-hybridized carbons (Fsp3) is 0.923. The molecule has 0 aromatic heterocycles. The molecule has 106 valence electrons. The van der Waals surface area contributed by atoms with E-state index in [1.165, 1.54) is 0 Å². The Morgan fingerprint density at radius 3 is 2.78 bits per heavy atom. The average Bonchev–Trinajstić information content (AvgIpc) is 2.27. The minimum absolute atomic E-state index is 0.217. The van der Waals surface area contributed by atoms with Crippen LogP contribution in [0.15, 0.2) is 0 Å². The lowest BCUT2D eigenvalue weighted by Crippen LogP contribution is -2.43. The highest BCUT2D eigenvalue weighted by atomic mass is 16.6. The number of amides is 1. The van der Waals surface area contributed by atoms with Crippen LogP contribution < -0.4 is 5.73 Å². The topological polar surface area (TPSA) is 64.8 Å². The smallest absolute Gasteiger partial charge is 0.410 e. The van der Waals surface area contributed by atoms with E-state index >= 15 is 0 Å². The Balaban J connectivity index is 2.36. The van der Waals surface area contributed by atoms with Crippen LogP contribution in [0, 0.1) is 5.92 Å². The van der Waals surface area contributed by atoms with E-state index in [9.17, 15) is 4.79 Å². The second-order valence-corrected chi connectivity index (χ2v) is 5.80. The molecule has 1 fully saturated rings. The molecule has 18 heavy (non-hydrogen) atoms. The van der Waals surface area contributed by atoms with E-state index in [0.29, 0.717) is 25.7 Å². The second-order valence-electron chi connectivity index (χ2n) is 5.80. The van der Waals surface area contributed by atoms with Gasteiger partial charge in [-0.3, -0.25) is 0 Å². The molecule has 5 heteroatoms. The van der Waals surface area contributed by atoms with Crippen LogP contribution >= 0.6 is 0 Å². The molecule has 1 rings (SSSR count). The van der Waals surface area contributed by atoms with Crippen LogP contribution in [0.1, 0.15) is 33.6 Å². The molecule has 0 radical (unpaired) electrons. The number of nitrogens with two attached hydrogens (primary N) is 1. The first-order chi connectivity index (χ1) is 8.42. The lowest BCUT2D eigenvalue weighted by molar-refractivity contribution is 0.00806. The lowest BCUT2D eigenvalue weighted by Gasteiger charge is -2.34. The third kappa shape index (κ3) is 5.69. The SMILES string of the molecule is CC(C)(C)OC(=O)N1CCCC(COCCN)C1. The Hall–Kier alpha value is -0.810. The van der Waals surface area contributed by atoms with Gasteiger partial charge in [-0.15, -0.1) is 0 Å². The minimum Gasteiger partial charge on any atom is -0.444 e. The zero-order chi connectivity index (χ0) is 13.6. The van der Waals surface area contributed by atoms with Crippen molar-refractivity contribution in [3.8, 4) is 0 Å². The van der Waals surface area contributed by atoms with Gasteiger partial charge in [0.1, 0.15) is 5.60 Å². The number of carbonyl (C=O) groups excluding carboxylic acids is 1. The molecule has 1 saturated heterocycles. The number of piperidine rings is 1. The summed E-state index contributed by atoms with van der Waals surface area (Å²) in [5.41, 5.74) is 4.95. The zero-order valence-electron chi connectivity index (χ0n) is 11.8. The van der Waals surface area contributed by atoms with Crippen molar-refractivity contribution in [1.29, 1.82) is 0 Å². The molecule has 1 aliphatic heterocycles. The Morgan fingerprint density at radius 2 is 2.17 bits per heavy atom. The van der Waals surface area contributed by atoms with Crippen LogP contribution in [-0.4, -0.2) is 49.4 Å². The van der Waals surface area contributed by atoms with Gasteiger partial charge in [0.25, 0.3) is 0 Å². The Morgan fingerprint density at radius 1 is 1.44 bits per heavy atom. The van der Waals surface area contributed by atoms with Gasteiger partial charge >= 0.3 is 6.09 Å². The van der Waals surface area contributed by atoms with E-state index in [1.807, 2.05) is 20.8 Å². The van der Waals surface area contributed by atoms with E-state index in [-0.39, 0.29) is 6.09 Å². The predicted octanol–water partition coefficient (Wildman–Crippen LogP) is 1.61. The highest BCUT2D eigenvalue weighted by Crippen LogP contribution is 2.19. The van der Waals surface area contributed by atoms with Crippen molar-refractivity contribution in [2.75, 3.05) is 32.8 Å². The summed E-state index contributed by atoms with van der Waals surface area (Å²) in [6, 6.07) is 0. The molecular formula is C13H26N2O3. The van der Waals surface area contributed by atoms with E-state index in [0.717, 1.165) is 25.9 Å². The first-order valence-corrected chi connectivity index (χ1v) is 6.68. The molecule has 5 nitrogen and oxygen atoms in total. The number of ether oxygens (including phenoxy) is 2. The Bertz CT molecular complexity index is 263. The molecule has 1 amide bonds. The van der Waals surface area contributed by atoms with Crippen molar-refractivity contribution in [2.45, 2.75) is 39.2 Å². The van der Waals surface area contributed by atoms with Crippen molar-refractivity contribution >= 4 is 6.09 Å². The van der Waals surface area contributed by atoms with Crippen LogP contribution in [0.4, 0.5) is 4.79 Å². The standard InChI is InChI=1S/C13H26N2O3/c1-13(2,3)18-12(16)15-7-4-5-11(9-15)10-17-8-6-14/h11H,4-10,14H2,1-3H3. The molecule has 1 heterocycles. The first-order valence-electron chi connectivity index (χ1n) is 6.68. The molecule has 1 aliphatic rings. The summed E-state index contributed by atoms with van der Waals surface area (Å²) in [5.74, 6) is 0.401. The molecular weight excluding hydrogens is 232 g/mol. The van der Waals surface area contributed by atoms with Crippen molar-refractivity contribution in [2.24, 2.45) is 11.7 Å². The maximum absolute atomic E-state index is 11.9. The van der Waals surface area contributed by atoms with Crippen LogP contribution in [0.3, 0.4) is 0 Å². The number of likely N-dealkylation sites (tertiary alicyclic amines) is 1. The second kappa shape index (κ2) is 6.95. The molecule has 0 aliphatic carbocycles. The quantitative estimate of drug-likeness (QED) is 0.778. The highest BCUT2D eigenvalue weighted by Gasteiger charge is 2.27. The fourth-order valence-corrected chi connectivity index (χ4v) is 2.03. The Labute approximate surface area is 110 Å². The summed E-state index contributed by atoms with van der Waals surface area (Å²) in [6.07, 6.45) is 1.89. The van der Waals surface area contributed by atoms with Gasteiger partial charge in [-0.1, -0.05) is 0 Å². The maximum Gasteiger partial charge on any atom is 0.410 e. The van der Waals surface area contributed by atoms with Crippen LogP contribution in [0.2, 0.25) is 0 Å². The van der Waals surface area contributed by atoms with Gasteiger partial charge in [-0.05, 0) is 33.6 Å². The minimum atomic E-state index is -0.430. The van der Waals surface area contributed by atoms with Gasteiger partial charge in [-0.25, -0.2) is 4.79 Å². The molecule has 0 saturated carbocycles. The fourth-order valence-electron chi connectivity index (χ4n) is 2.03. The van der Waals surface area contributed by atoms with Crippen molar-refractivity contribution in [3.63, 3.8) is 0 Å². The van der Waals surface area contributed by atoms with Gasteiger partial charge in [0.2, 0.25) is 0 Å². The molecule has 1 unspecified atom stereocenters. The van der Waals surface area contributed by atoms with Gasteiger partial charge < -0.3 is 20.1 Å². The van der Waals surface area contributed by atoms with Crippen LogP contribution in [0.5, 0.6) is 0 Å². The number of hydrogen-bond donors (Lipinski definition) is 1. The maximum atomic E-state index is 11.9. The molecule has 0 aromatic carbocycles. The average molecular weight is 258 g/mol. The largest absolute Gasteiger partial charge is 0.444 e. The monoisotopic (exact) mass is 258 g/mol. The molecule has 1 atom stereocenters. The molecule has 0 spiro atoms. The van der Waals surface area contributed by atoms with E-state index in [1.54, 1.807) is 4.90 Å². The third-order valence-corrected chi connectivity index (χ3v) is 2.79. The summed E-state index contributed by atoms with van der Waals surface area (Å²) in [5, 5.41) is 0. The van der Waals surface area contributed by atoms with Crippen molar-refractivity contribution < 1.29 is 14.3 Å². The molecule has 0 aromatic rings. The van der Waals surface area contributed by atoms with Gasteiger partial charge in [0, 0.05) is 25.6 Å². The van der Waals surface area contributed by atoms with E-state index in [4.69, 9.17) is 15.2 Å². The summed E-state index contributed by atoms with van der Waals surface area (Å²) in [4.78, 5) is 13.7. The van der Waals surface area contributed by atoms with Gasteiger partial charge in [-0.2, -0.15) is 0 Å². The summed E-state index contributed by atoms with van der Waals surface area (Å²) >= 11 is 0. The van der Waals surface area contributed by atoms with Crippen molar-refractivity contribution in [3.05, 3.63) is 0 Å². The lowest BCUT2D eigenvalue weighted by atomic mass is 9.99. The normalized spacial score (nSPS) is 20.9. The third-order valence-electron chi connectivity index (χ3n) is 2.79. The van der Waals surface area contributed by atoms with E-state index < -0.39 is 5.60 Å². The Kier molecular flexibility index (Phi) is 5.88. The zero-order valence-corrected chi connectivity index (χ0v) is 11.8. The van der Waals surface area contributed by atoms with Crippen LogP contribution in [0.25, 0.3) is 0 Å². The number of rotatable bonds is 4. The van der Waals surface area contributed by atoms with Crippen molar-refractivity contribution in [1.82, 2.24) is 4.90 Å². The highest BCUT2D eigenvalue weighted by molar-refractivity contribution is 5.68. The summed E-state index contributed by atoms with van der Waals surface area (Å²) < 4.78 is 10.8. The predicted molar refractivity (Wildman–Crippen MR) is 70.4 cm³/mol. The molecule has 2 N–H and O–H groups in total. The van der Waals surface area contributed by atoms with Gasteiger partial charge in [0.05, 0.1) is 13.2 Å². The van der Waals surface area contributed by atoms with Crippen LogP contribution in [-0.2, 0) is 9.47 Å². The van der Waals surface area contributed by atoms with E-state index in [2.05, 4.69) is 0 Å². The number of hydrogen-bond acceptors (Lipinski definition) is 4. The first kappa shape index (κ1) is 15.2. The molecule has 0 bridgehead atoms. The summed E-state index contributed by atoms with van der Waals surface area (Å²) in [7, 11) is 0.